The zero-order valence-corrected chi connectivity index (χ0v) is 19.5. The third-order valence-corrected chi connectivity index (χ3v) is 6.11. The largest absolute Gasteiger partial charge is 0.435 e. The normalized spacial score (nSPS) is 11.8. The van der Waals surface area contributed by atoms with Gasteiger partial charge in [-0.05, 0) is 30.3 Å². The van der Waals surface area contributed by atoms with Crippen LogP contribution in [0.25, 0.3) is 16.8 Å². The lowest BCUT2D eigenvalue weighted by atomic mass is 10.1. The average Bonchev–Trinajstić information content (AvgIpc) is 3.31. The van der Waals surface area contributed by atoms with Gasteiger partial charge in [0.05, 0.1) is 10.6 Å². The summed E-state index contributed by atoms with van der Waals surface area (Å²) < 4.78 is 64.7. The fourth-order valence-corrected chi connectivity index (χ4v) is 4.20. The van der Waals surface area contributed by atoms with Gasteiger partial charge in [0.25, 0.3) is 5.91 Å². The molecule has 2 heterocycles. The number of halogens is 3. The fourth-order valence-electron chi connectivity index (χ4n) is 3.44. The second kappa shape index (κ2) is 9.48. The SMILES string of the molecule is N=C(N)c1cccc(-n2nc(C(F)(F)F)cc2C(=O)Nc2ccc(-c3ccccc3S(N)(=O)=O)cn2)c1. The number of hydrogen-bond donors (Lipinski definition) is 4. The minimum Gasteiger partial charge on any atom is -0.384 e. The summed E-state index contributed by atoms with van der Waals surface area (Å²) in [6.07, 6.45) is -3.54. The molecular formula is C23H18F3N7O3S. The molecule has 0 bridgehead atoms. The first kappa shape index (κ1) is 25.5. The Labute approximate surface area is 208 Å². The molecule has 4 rings (SSSR count). The van der Waals surface area contributed by atoms with E-state index >= 15 is 0 Å². The van der Waals surface area contributed by atoms with Crippen molar-refractivity contribution in [3.05, 3.63) is 89.9 Å². The number of amidine groups is 1. The first-order valence-corrected chi connectivity index (χ1v) is 11.9. The summed E-state index contributed by atoms with van der Waals surface area (Å²) in [5.74, 6) is -1.27. The van der Waals surface area contributed by atoms with E-state index in [-0.39, 0.29) is 33.4 Å². The maximum Gasteiger partial charge on any atom is 0.435 e. The Kier molecular flexibility index (Phi) is 6.54. The van der Waals surface area contributed by atoms with Gasteiger partial charge in [-0.3, -0.25) is 10.2 Å². The first-order valence-electron chi connectivity index (χ1n) is 10.4. The van der Waals surface area contributed by atoms with E-state index in [1.807, 2.05) is 0 Å². The zero-order chi connectivity index (χ0) is 27.0. The fraction of sp³-hybridized carbons (Fsp3) is 0.0435. The number of benzene rings is 2. The van der Waals surface area contributed by atoms with Gasteiger partial charge in [0, 0.05) is 29.0 Å². The molecule has 4 aromatic rings. The number of carbonyl (C=O) groups is 1. The number of alkyl halides is 3. The molecule has 10 nitrogen and oxygen atoms in total. The quantitative estimate of drug-likeness (QED) is 0.221. The van der Waals surface area contributed by atoms with Crippen molar-refractivity contribution in [1.82, 2.24) is 14.8 Å². The molecule has 0 saturated carbocycles. The summed E-state index contributed by atoms with van der Waals surface area (Å²) in [4.78, 5) is 16.9. The van der Waals surface area contributed by atoms with Gasteiger partial charge in [0.1, 0.15) is 17.3 Å². The van der Waals surface area contributed by atoms with Gasteiger partial charge in [-0.25, -0.2) is 23.2 Å². The topological polar surface area (TPSA) is 170 Å². The maximum absolute atomic E-state index is 13.4. The Balaban J connectivity index is 1.67. The third-order valence-electron chi connectivity index (χ3n) is 5.14. The van der Waals surface area contributed by atoms with Crippen molar-refractivity contribution in [3.63, 3.8) is 0 Å². The van der Waals surface area contributed by atoms with E-state index in [2.05, 4.69) is 15.4 Å². The monoisotopic (exact) mass is 529 g/mol. The van der Waals surface area contributed by atoms with Crippen molar-refractivity contribution in [1.29, 1.82) is 5.41 Å². The molecule has 0 spiro atoms. The standard InChI is InChI=1S/C23H18F3N7O3S/c24-23(25,26)19-11-17(33(32-19)15-5-3-4-13(10-15)21(27)28)22(34)31-20-9-8-14(12-30-20)16-6-1-2-7-18(16)37(29,35)36/h1-12H,(H3,27,28)(H2,29,35,36)(H,30,31,34). The molecule has 0 aliphatic carbocycles. The highest BCUT2D eigenvalue weighted by atomic mass is 32.2. The van der Waals surface area contributed by atoms with Crippen LogP contribution in [0.4, 0.5) is 19.0 Å². The van der Waals surface area contributed by atoms with Gasteiger partial charge in [-0.2, -0.15) is 18.3 Å². The molecule has 190 valence electrons. The number of rotatable bonds is 6. The third kappa shape index (κ3) is 5.49. The summed E-state index contributed by atoms with van der Waals surface area (Å²) in [6, 6.07) is 15.1. The van der Waals surface area contributed by atoms with E-state index in [1.165, 1.54) is 60.8 Å². The lowest BCUT2D eigenvalue weighted by Gasteiger charge is -2.10. The Bertz CT molecular complexity index is 1620. The van der Waals surface area contributed by atoms with Crippen molar-refractivity contribution in [3.8, 4) is 16.8 Å². The number of nitrogens with one attached hydrogen (secondary N) is 2. The number of anilines is 1. The lowest BCUT2D eigenvalue weighted by Crippen LogP contribution is -2.18. The van der Waals surface area contributed by atoms with E-state index in [4.69, 9.17) is 16.3 Å². The molecule has 2 aromatic carbocycles. The Morgan fingerprint density at radius 2 is 1.76 bits per heavy atom. The summed E-state index contributed by atoms with van der Waals surface area (Å²) in [7, 11) is -4.02. The minimum atomic E-state index is -4.82. The van der Waals surface area contributed by atoms with Crippen molar-refractivity contribution in [2.75, 3.05) is 5.32 Å². The van der Waals surface area contributed by atoms with E-state index in [9.17, 15) is 26.4 Å². The molecule has 37 heavy (non-hydrogen) atoms. The number of carbonyl (C=O) groups excluding carboxylic acids is 1. The second-order valence-electron chi connectivity index (χ2n) is 7.72. The van der Waals surface area contributed by atoms with Crippen LogP contribution in [0.3, 0.4) is 0 Å². The van der Waals surface area contributed by atoms with Crippen LogP contribution in [0, 0.1) is 5.41 Å². The highest BCUT2D eigenvalue weighted by molar-refractivity contribution is 7.89. The van der Waals surface area contributed by atoms with Crippen molar-refractivity contribution >= 4 is 27.6 Å². The number of sulfonamides is 1. The molecule has 0 atom stereocenters. The van der Waals surface area contributed by atoms with Gasteiger partial charge in [-0.1, -0.05) is 30.3 Å². The molecular weight excluding hydrogens is 511 g/mol. The smallest absolute Gasteiger partial charge is 0.384 e. The van der Waals surface area contributed by atoms with Gasteiger partial charge in [-0.15, -0.1) is 0 Å². The average molecular weight is 530 g/mol. The molecule has 0 fully saturated rings. The molecule has 0 aliphatic rings. The highest BCUT2D eigenvalue weighted by Gasteiger charge is 2.36. The predicted molar refractivity (Wildman–Crippen MR) is 129 cm³/mol. The summed E-state index contributed by atoms with van der Waals surface area (Å²) in [5, 5.41) is 18.8. The van der Waals surface area contributed by atoms with Gasteiger partial charge in [0.15, 0.2) is 5.69 Å². The van der Waals surface area contributed by atoms with Crippen molar-refractivity contribution in [2.24, 2.45) is 10.9 Å². The first-order chi connectivity index (χ1) is 17.3. The van der Waals surface area contributed by atoms with Crippen LogP contribution in [0.5, 0.6) is 0 Å². The summed E-state index contributed by atoms with van der Waals surface area (Å²) >= 11 is 0. The predicted octanol–water partition coefficient (Wildman–Crippen LogP) is 3.14. The van der Waals surface area contributed by atoms with Gasteiger partial charge >= 0.3 is 6.18 Å². The molecule has 0 radical (unpaired) electrons. The molecule has 0 aliphatic heterocycles. The van der Waals surface area contributed by atoms with E-state index < -0.39 is 33.5 Å². The number of primary sulfonamides is 1. The maximum atomic E-state index is 13.4. The van der Waals surface area contributed by atoms with E-state index in [1.54, 1.807) is 6.07 Å². The Morgan fingerprint density at radius 3 is 2.38 bits per heavy atom. The van der Waals surface area contributed by atoms with Crippen LogP contribution in [0.1, 0.15) is 21.7 Å². The summed E-state index contributed by atoms with van der Waals surface area (Å²) in [6.45, 7) is 0. The molecule has 14 heteroatoms. The zero-order valence-electron chi connectivity index (χ0n) is 18.7. The number of amides is 1. The Hall–Kier alpha value is -4.56. The molecule has 2 aromatic heterocycles. The molecule has 6 N–H and O–H groups in total. The molecule has 1 amide bonds. The lowest BCUT2D eigenvalue weighted by molar-refractivity contribution is -0.141. The molecule has 0 saturated heterocycles. The van der Waals surface area contributed by atoms with Crippen molar-refractivity contribution in [2.45, 2.75) is 11.1 Å². The van der Waals surface area contributed by atoms with E-state index in [0.717, 1.165) is 4.68 Å². The second-order valence-corrected chi connectivity index (χ2v) is 9.25. The number of nitrogen functional groups attached to an aromatic ring is 1. The Morgan fingerprint density at radius 1 is 1.03 bits per heavy atom. The van der Waals surface area contributed by atoms with Crippen LogP contribution in [0.15, 0.2) is 77.8 Å². The number of pyridine rings is 1. The minimum absolute atomic E-state index is 0.0133. The van der Waals surface area contributed by atoms with Crippen molar-refractivity contribution < 1.29 is 26.4 Å². The van der Waals surface area contributed by atoms with E-state index in [0.29, 0.717) is 11.6 Å². The number of aromatic nitrogens is 3. The van der Waals surface area contributed by atoms with Gasteiger partial charge < -0.3 is 11.1 Å². The number of nitrogens with zero attached hydrogens (tertiary/aromatic N) is 3. The summed E-state index contributed by atoms with van der Waals surface area (Å²) in [5.41, 5.74) is 4.70. The van der Waals surface area contributed by atoms with Gasteiger partial charge in [0.2, 0.25) is 10.0 Å². The number of hydrogen-bond acceptors (Lipinski definition) is 6. The highest BCUT2D eigenvalue weighted by Crippen LogP contribution is 2.30. The van der Waals surface area contributed by atoms with Crippen LogP contribution < -0.4 is 16.2 Å². The molecule has 0 unspecified atom stereocenters. The van der Waals surface area contributed by atoms with Crippen LogP contribution in [-0.4, -0.2) is 34.9 Å². The van der Waals surface area contributed by atoms with Crippen LogP contribution in [-0.2, 0) is 16.2 Å². The van der Waals surface area contributed by atoms with Crippen LogP contribution >= 0.6 is 0 Å². The van der Waals surface area contributed by atoms with Crippen LogP contribution in [0.2, 0.25) is 0 Å². The number of nitrogens with two attached hydrogens (primary N) is 2.